The van der Waals surface area contributed by atoms with Crippen LogP contribution in [0.1, 0.15) is 12.5 Å². The molecule has 0 bridgehead atoms. The molecule has 1 N–H and O–H groups in total. The molecule has 0 atom stereocenters. The molecular weight excluding hydrogens is 156 g/mol. The van der Waals surface area contributed by atoms with E-state index >= 15 is 0 Å². The third-order valence-electron chi connectivity index (χ3n) is 1.44. The van der Waals surface area contributed by atoms with Crippen molar-refractivity contribution in [2.24, 2.45) is 0 Å². The highest BCUT2D eigenvalue weighted by molar-refractivity contribution is 7.99. The maximum Gasteiger partial charge on any atom is 0.0692 e. The van der Waals surface area contributed by atoms with Gasteiger partial charge in [-0.05, 0) is 17.4 Å². The molecule has 0 aliphatic rings. The van der Waals surface area contributed by atoms with Gasteiger partial charge in [0.15, 0.2) is 0 Å². The number of hydrogen-bond acceptors (Lipinski definition) is 2. The maximum atomic E-state index is 8.93. The number of rotatable bonds is 3. The Kier molecular flexibility index (Phi) is 3.46. The van der Waals surface area contributed by atoms with Gasteiger partial charge < -0.3 is 5.11 Å². The Balaban J connectivity index is 2.83. The van der Waals surface area contributed by atoms with Gasteiger partial charge in [0.25, 0.3) is 0 Å². The molecule has 0 radical (unpaired) electrons. The zero-order valence-corrected chi connectivity index (χ0v) is 7.40. The number of hydrogen-bond donors (Lipinski definition) is 1. The van der Waals surface area contributed by atoms with Gasteiger partial charge in [-0.15, -0.1) is 11.8 Å². The molecule has 1 nitrogen and oxygen atoms in total. The van der Waals surface area contributed by atoms with Gasteiger partial charge in [-0.25, -0.2) is 0 Å². The fourth-order valence-electron chi connectivity index (χ4n) is 0.931. The fourth-order valence-corrected chi connectivity index (χ4v) is 1.73. The summed E-state index contributed by atoms with van der Waals surface area (Å²) in [5.74, 6) is 1.05. The molecule has 60 valence electrons. The van der Waals surface area contributed by atoms with E-state index in [1.54, 1.807) is 11.8 Å². The van der Waals surface area contributed by atoms with Crippen LogP contribution in [0.5, 0.6) is 0 Å². The Morgan fingerprint density at radius 3 is 2.73 bits per heavy atom. The Morgan fingerprint density at radius 2 is 2.09 bits per heavy atom. The Hall–Kier alpha value is -0.470. The molecular formula is C9H12OS. The third kappa shape index (κ3) is 2.24. The molecule has 11 heavy (non-hydrogen) atoms. The molecule has 0 aliphatic heterocycles. The molecule has 2 heteroatoms. The zero-order valence-electron chi connectivity index (χ0n) is 6.58. The summed E-state index contributed by atoms with van der Waals surface area (Å²) in [6, 6.07) is 7.94. The lowest BCUT2D eigenvalue weighted by Crippen LogP contribution is -1.86. The topological polar surface area (TPSA) is 20.2 Å². The van der Waals surface area contributed by atoms with Crippen molar-refractivity contribution >= 4 is 11.8 Å². The molecule has 0 fully saturated rings. The lowest BCUT2D eigenvalue weighted by atomic mass is 10.2. The highest BCUT2D eigenvalue weighted by Gasteiger charge is 1.97. The molecule has 0 saturated carbocycles. The van der Waals surface area contributed by atoms with E-state index in [9.17, 15) is 0 Å². The average molecular weight is 168 g/mol. The molecule has 0 heterocycles. The van der Waals surface area contributed by atoms with Crippen LogP contribution in [0.4, 0.5) is 0 Å². The molecule has 0 saturated heterocycles. The maximum absolute atomic E-state index is 8.93. The van der Waals surface area contributed by atoms with Gasteiger partial charge in [0.2, 0.25) is 0 Å². The first-order chi connectivity index (χ1) is 5.38. The molecule has 0 amide bonds. The summed E-state index contributed by atoms with van der Waals surface area (Å²) in [7, 11) is 0. The molecule has 0 spiro atoms. The summed E-state index contributed by atoms with van der Waals surface area (Å²) in [5.41, 5.74) is 1.03. The molecule has 0 unspecified atom stereocenters. The lowest BCUT2D eigenvalue weighted by Gasteiger charge is -2.03. The molecule has 1 aromatic carbocycles. The number of thioether (sulfide) groups is 1. The molecule has 1 aromatic rings. The van der Waals surface area contributed by atoms with Gasteiger partial charge in [-0.3, -0.25) is 0 Å². The smallest absolute Gasteiger partial charge is 0.0692 e. The first-order valence-electron chi connectivity index (χ1n) is 3.70. The van der Waals surface area contributed by atoms with E-state index in [1.807, 2.05) is 24.3 Å². The van der Waals surface area contributed by atoms with E-state index in [1.165, 1.54) is 4.90 Å². The van der Waals surface area contributed by atoms with Crippen molar-refractivity contribution in [3.8, 4) is 0 Å². The summed E-state index contributed by atoms with van der Waals surface area (Å²) in [6.07, 6.45) is 0. The standard InChI is InChI=1S/C9H12OS/c1-2-11-9-6-4-3-5-8(9)7-10/h3-6,10H,2,7H2,1H3. The SMILES string of the molecule is CCSc1ccccc1CO. The van der Waals surface area contributed by atoms with Crippen LogP contribution in [0.15, 0.2) is 29.2 Å². The van der Waals surface area contributed by atoms with Gasteiger partial charge in [0.05, 0.1) is 6.61 Å². The Bertz CT molecular complexity index is 223. The second kappa shape index (κ2) is 4.42. The molecule has 0 aromatic heterocycles. The van der Waals surface area contributed by atoms with Crippen LogP contribution in [0.2, 0.25) is 0 Å². The summed E-state index contributed by atoms with van der Waals surface area (Å²) >= 11 is 1.77. The molecule has 1 rings (SSSR count). The van der Waals surface area contributed by atoms with Gasteiger partial charge in [-0.1, -0.05) is 25.1 Å². The largest absolute Gasteiger partial charge is 0.392 e. The van der Waals surface area contributed by atoms with Crippen LogP contribution in [-0.4, -0.2) is 10.9 Å². The minimum absolute atomic E-state index is 0.142. The number of aliphatic hydroxyl groups excluding tert-OH is 1. The Labute approximate surface area is 71.4 Å². The van der Waals surface area contributed by atoms with Crippen molar-refractivity contribution < 1.29 is 5.11 Å². The van der Waals surface area contributed by atoms with Crippen LogP contribution < -0.4 is 0 Å². The molecule has 0 aliphatic carbocycles. The average Bonchev–Trinajstić information content (AvgIpc) is 2.06. The summed E-state index contributed by atoms with van der Waals surface area (Å²) in [6.45, 7) is 2.25. The fraction of sp³-hybridized carbons (Fsp3) is 0.333. The van der Waals surface area contributed by atoms with Crippen molar-refractivity contribution in [3.63, 3.8) is 0 Å². The summed E-state index contributed by atoms with van der Waals surface area (Å²) < 4.78 is 0. The predicted molar refractivity (Wildman–Crippen MR) is 48.8 cm³/mol. The van der Waals surface area contributed by atoms with Crippen LogP contribution in [0.3, 0.4) is 0 Å². The van der Waals surface area contributed by atoms with E-state index in [2.05, 4.69) is 6.92 Å². The first kappa shape index (κ1) is 8.62. The van der Waals surface area contributed by atoms with Crippen molar-refractivity contribution in [1.82, 2.24) is 0 Å². The van der Waals surface area contributed by atoms with Crippen molar-refractivity contribution in [1.29, 1.82) is 0 Å². The van der Waals surface area contributed by atoms with Gasteiger partial charge in [-0.2, -0.15) is 0 Å². The first-order valence-corrected chi connectivity index (χ1v) is 4.68. The van der Waals surface area contributed by atoms with E-state index in [-0.39, 0.29) is 6.61 Å². The van der Waals surface area contributed by atoms with Crippen molar-refractivity contribution in [2.75, 3.05) is 5.75 Å². The number of aliphatic hydroxyl groups is 1. The minimum atomic E-state index is 0.142. The lowest BCUT2D eigenvalue weighted by molar-refractivity contribution is 0.279. The van der Waals surface area contributed by atoms with E-state index < -0.39 is 0 Å². The van der Waals surface area contributed by atoms with Crippen LogP contribution in [-0.2, 0) is 6.61 Å². The minimum Gasteiger partial charge on any atom is -0.392 e. The highest BCUT2D eigenvalue weighted by atomic mass is 32.2. The Morgan fingerprint density at radius 1 is 1.36 bits per heavy atom. The van der Waals surface area contributed by atoms with Crippen LogP contribution in [0.25, 0.3) is 0 Å². The van der Waals surface area contributed by atoms with Gasteiger partial charge in [0.1, 0.15) is 0 Å². The van der Waals surface area contributed by atoms with E-state index in [0.717, 1.165) is 11.3 Å². The van der Waals surface area contributed by atoms with Crippen molar-refractivity contribution in [3.05, 3.63) is 29.8 Å². The second-order valence-corrected chi connectivity index (χ2v) is 3.50. The third-order valence-corrected chi connectivity index (χ3v) is 2.44. The predicted octanol–water partition coefficient (Wildman–Crippen LogP) is 2.29. The van der Waals surface area contributed by atoms with Crippen LogP contribution in [0, 0.1) is 0 Å². The zero-order chi connectivity index (χ0) is 8.10. The summed E-state index contributed by atoms with van der Waals surface area (Å²) in [5, 5.41) is 8.93. The van der Waals surface area contributed by atoms with Gasteiger partial charge >= 0.3 is 0 Å². The second-order valence-electron chi connectivity index (χ2n) is 2.20. The summed E-state index contributed by atoms with van der Waals surface area (Å²) in [4.78, 5) is 1.19. The highest BCUT2D eigenvalue weighted by Crippen LogP contribution is 2.21. The number of benzene rings is 1. The van der Waals surface area contributed by atoms with E-state index in [0.29, 0.717) is 0 Å². The van der Waals surface area contributed by atoms with Crippen molar-refractivity contribution in [2.45, 2.75) is 18.4 Å². The quantitative estimate of drug-likeness (QED) is 0.699. The van der Waals surface area contributed by atoms with Crippen LogP contribution >= 0.6 is 11.8 Å². The monoisotopic (exact) mass is 168 g/mol. The van der Waals surface area contributed by atoms with Gasteiger partial charge in [0, 0.05) is 4.90 Å². The normalized spacial score (nSPS) is 10.0. The van der Waals surface area contributed by atoms with E-state index in [4.69, 9.17) is 5.11 Å².